The highest BCUT2D eigenvalue weighted by atomic mass is 16.3. The molecule has 374 valence electrons. The molecular weight excluding hydrogens is 769 g/mol. The molecule has 4 unspecified atom stereocenters. The molecule has 8 nitrogen and oxygen atoms in total. The van der Waals surface area contributed by atoms with Gasteiger partial charge in [-0.15, -0.1) is 0 Å². The van der Waals surface area contributed by atoms with Crippen LogP contribution < -0.4 is 5.73 Å². The van der Waals surface area contributed by atoms with Crippen molar-refractivity contribution in [1.29, 1.82) is 0 Å². The van der Waals surface area contributed by atoms with Gasteiger partial charge in [-0.05, 0) is 25.7 Å². The van der Waals surface area contributed by atoms with E-state index in [4.69, 9.17) is 5.73 Å². The Kier molecular flexibility index (Phi) is 48.4. The van der Waals surface area contributed by atoms with Crippen molar-refractivity contribution < 1.29 is 20.4 Å². The molecule has 0 aliphatic heterocycles. The zero-order valence-corrected chi connectivity index (χ0v) is 42.5. The molecule has 0 bridgehead atoms. The highest BCUT2D eigenvalue weighted by Crippen LogP contribution is 2.16. The van der Waals surface area contributed by atoms with Crippen molar-refractivity contribution >= 4 is 0 Å². The molecule has 0 fully saturated rings. The first-order valence-electron chi connectivity index (χ1n) is 27.9. The maximum Gasteiger partial charge on any atom is 0.0667 e. The summed E-state index contributed by atoms with van der Waals surface area (Å²) in [5.74, 6) is 0. The molecule has 0 amide bonds. The number of rotatable bonds is 52. The lowest BCUT2D eigenvalue weighted by molar-refractivity contribution is 0.0446. The van der Waals surface area contributed by atoms with Crippen LogP contribution in [0.1, 0.15) is 259 Å². The van der Waals surface area contributed by atoms with E-state index in [1.165, 1.54) is 180 Å². The summed E-state index contributed by atoms with van der Waals surface area (Å²) in [5.41, 5.74) is 6.11. The summed E-state index contributed by atoms with van der Waals surface area (Å²) in [7, 11) is 0. The highest BCUT2D eigenvalue weighted by molar-refractivity contribution is 4.75. The summed E-state index contributed by atoms with van der Waals surface area (Å²) in [6.07, 6.45) is 42.2. The van der Waals surface area contributed by atoms with Crippen molar-refractivity contribution in [1.82, 2.24) is 14.7 Å². The second-order valence-corrected chi connectivity index (χ2v) is 19.8. The van der Waals surface area contributed by atoms with Crippen molar-refractivity contribution in [2.45, 2.75) is 283 Å². The van der Waals surface area contributed by atoms with Crippen LogP contribution in [-0.4, -0.2) is 125 Å². The van der Waals surface area contributed by atoms with Crippen LogP contribution in [0.4, 0.5) is 0 Å². The molecule has 0 aliphatic carbocycles. The minimum Gasteiger partial charge on any atom is -0.392 e. The number of hydrogen-bond donors (Lipinski definition) is 5. The Morgan fingerprint density at radius 3 is 0.710 bits per heavy atom. The van der Waals surface area contributed by atoms with Gasteiger partial charge in [0.05, 0.1) is 24.4 Å². The molecule has 8 heteroatoms. The molecule has 62 heavy (non-hydrogen) atoms. The first-order valence-corrected chi connectivity index (χ1v) is 27.9. The molecule has 6 N–H and O–H groups in total. The molecular formula is C54H114N4O4. The lowest BCUT2D eigenvalue weighted by atomic mass is 10.0. The topological polar surface area (TPSA) is 117 Å². The third kappa shape index (κ3) is 43.6. The van der Waals surface area contributed by atoms with E-state index >= 15 is 0 Å². The van der Waals surface area contributed by atoms with Gasteiger partial charge in [0.2, 0.25) is 0 Å². The summed E-state index contributed by atoms with van der Waals surface area (Å²) >= 11 is 0. The fraction of sp³-hybridized carbons (Fsp3) is 1.00. The standard InChI is InChI=1S/C54H114N4O4/c1-5-9-13-17-21-25-29-33-37-51(59)47-56(42-41-55)43-44-57(48-52(60)38-34-30-26-22-18-14-10-6-2)45-46-58(49-53(61)39-35-31-27-23-19-15-11-7-3)50-54(62)40-36-32-28-24-20-16-12-8-4/h51-54,59-62H,5-50,55H2,1-4H3. The third-order valence-electron chi connectivity index (χ3n) is 13.3. The smallest absolute Gasteiger partial charge is 0.0667 e. The summed E-state index contributed by atoms with van der Waals surface area (Å²) in [4.78, 5) is 7.05. The van der Waals surface area contributed by atoms with Gasteiger partial charge in [0.15, 0.2) is 0 Å². The Bertz CT molecular complexity index is 827. The van der Waals surface area contributed by atoms with Crippen molar-refractivity contribution in [3.8, 4) is 0 Å². The van der Waals surface area contributed by atoms with Crippen LogP contribution in [0.5, 0.6) is 0 Å². The summed E-state index contributed by atoms with van der Waals surface area (Å²) in [5, 5.41) is 45.0. The Morgan fingerprint density at radius 2 is 0.468 bits per heavy atom. The van der Waals surface area contributed by atoms with Crippen molar-refractivity contribution in [2.75, 3.05) is 65.4 Å². The first-order chi connectivity index (χ1) is 30.3. The Morgan fingerprint density at radius 1 is 0.274 bits per heavy atom. The fourth-order valence-electron chi connectivity index (χ4n) is 9.21. The first kappa shape index (κ1) is 61.7. The van der Waals surface area contributed by atoms with Gasteiger partial charge in [0.25, 0.3) is 0 Å². The molecule has 0 aliphatic rings. The number of aliphatic hydroxyl groups is 4. The van der Waals surface area contributed by atoms with E-state index in [1.807, 2.05) is 0 Å². The van der Waals surface area contributed by atoms with Crippen LogP contribution in [0.3, 0.4) is 0 Å². The highest BCUT2D eigenvalue weighted by Gasteiger charge is 2.20. The third-order valence-corrected chi connectivity index (χ3v) is 13.3. The Hall–Kier alpha value is -0.320. The van der Waals surface area contributed by atoms with Gasteiger partial charge in [0.1, 0.15) is 0 Å². The normalized spacial score (nSPS) is 14.1. The molecule has 0 aromatic carbocycles. The second-order valence-electron chi connectivity index (χ2n) is 19.8. The number of nitrogens with zero attached hydrogens (tertiary/aromatic N) is 3. The average molecular weight is 884 g/mol. The van der Waals surface area contributed by atoms with E-state index < -0.39 is 12.2 Å². The summed E-state index contributed by atoms with van der Waals surface area (Å²) < 4.78 is 0. The van der Waals surface area contributed by atoms with E-state index in [2.05, 4.69) is 42.4 Å². The van der Waals surface area contributed by atoms with Crippen LogP contribution >= 0.6 is 0 Å². The lowest BCUT2D eigenvalue weighted by Crippen LogP contribution is -2.47. The van der Waals surface area contributed by atoms with Gasteiger partial charge in [-0.3, -0.25) is 14.7 Å². The van der Waals surface area contributed by atoms with Crippen molar-refractivity contribution in [3.05, 3.63) is 0 Å². The molecule has 0 aromatic rings. The summed E-state index contributed by atoms with van der Waals surface area (Å²) in [6, 6.07) is 0. The van der Waals surface area contributed by atoms with Crippen LogP contribution in [0.25, 0.3) is 0 Å². The van der Waals surface area contributed by atoms with E-state index in [0.717, 1.165) is 84.1 Å². The van der Waals surface area contributed by atoms with Crippen LogP contribution in [0.15, 0.2) is 0 Å². The lowest BCUT2D eigenvalue weighted by Gasteiger charge is -2.33. The second kappa shape index (κ2) is 48.6. The molecule has 0 aromatic heterocycles. The zero-order chi connectivity index (χ0) is 45.6. The fourth-order valence-corrected chi connectivity index (χ4v) is 9.21. The van der Waals surface area contributed by atoms with Crippen LogP contribution in [0, 0.1) is 0 Å². The van der Waals surface area contributed by atoms with Gasteiger partial charge >= 0.3 is 0 Å². The molecule has 0 spiro atoms. The average Bonchev–Trinajstić information content (AvgIpc) is 3.25. The maximum atomic E-state index is 11.4. The minimum atomic E-state index is -0.394. The predicted molar refractivity (Wildman–Crippen MR) is 271 cm³/mol. The van der Waals surface area contributed by atoms with Gasteiger partial charge < -0.3 is 26.2 Å². The monoisotopic (exact) mass is 883 g/mol. The minimum absolute atomic E-state index is 0.344. The summed E-state index contributed by atoms with van der Waals surface area (Å²) in [6.45, 7) is 16.0. The van der Waals surface area contributed by atoms with E-state index in [-0.39, 0.29) is 12.2 Å². The van der Waals surface area contributed by atoms with Gasteiger partial charge in [0, 0.05) is 65.4 Å². The number of unbranched alkanes of at least 4 members (excludes halogenated alkanes) is 28. The van der Waals surface area contributed by atoms with E-state index in [9.17, 15) is 20.4 Å². The van der Waals surface area contributed by atoms with Crippen molar-refractivity contribution in [3.63, 3.8) is 0 Å². The largest absolute Gasteiger partial charge is 0.392 e. The number of nitrogens with two attached hydrogens (primary N) is 1. The van der Waals surface area contributed by atoms with Gasteiger partial charge in [-0.25, -0.2) is 0 Å². The van der Waals surface area contributed by atoms with Crippen LogP contribution in [0.2, 0.25) is 0 Å². The van der Waals surface area contributed by atoms with Gasteiger partial charge in [-0.1, -0.05) is 233 Å². The van der Waals surface area contributed by atoms with E-state index in [1.54, 1.807) is 0 Å². The van der Waals surface area contributed by atoms with Crippen molar-refractivity contribution in [2.24, 2.45) is 5.73 Å². The Balaban J connectivity index is 5.49. The zero-order valence-electron chi connectivity index (χ0n) is 42.5. The Labute approximate surface area is 388 Å². The van der Waals surface area contributed by atoms with Gasteiger partial charge in [-0.2, -0.15) is 0 Å². The van der Waals surface area contributed by atoms with E-state index in [0.29, 0.717) is 32.7 Å². The SMILES string of the molecule is CCCCCCCCCCC(O)CN(CCN)CCN(CCN(CC(O)CCCCCCCCCC)CC(O)CCCCCCCCCC)CC(O)CCCCCCCCCC. The predicted octanol–water partition coefficient (Wildman–Crippen LogP) is 12.4. The molecule has 0 radical (unpaired) electrons. The number of hydrogen-bond acceptors (Lipinski definition) is 8. The molecule has 0 rings (SSSR count). The quantitative estimate of drug-likeness (QED) is 0.0384. The maximum absolute atomic E-state index is 11.4. The molecule has 0 saturated heterocycles. The molecule has 0 heterocycles. The number of aliphatic hydroxyl groups excluding tert-OH is 4. The molecule has 4 atom stereocenters. The van der Waals surface area contributed by atoms with Crippen LogP contribution in [-0.2, 0) is 0 Å². The molecule has 0 saturated carbocycles.